The van der Waals surface area contributed by atoms with E-state index in [2.05, 4.69) is 15.8 Å². The monoisotopic (exact) mass is 257 g/mol. The third-order valence-electron chi connectivity index (χ3n) is 1.75. The minimum absolute atomic E-state index is 0.186. The molecule has 0 fully saturated rings. The van der Waals surface area contributed by atoms with E-state index in [9.17, 15) is 8.78 Å². The molecule has 6 heteroatoms. The van der Waals surface area contributed by atoms with Gasteiger partial charge < -0.3 is 5.32 Å². The molecule has 0 aliphatic carbocycles. The number of nitrogens with zero attached hydrogens (tertiary/aromatic N) is 1. The molecular weight excluding hydrogens is 244 g/mol. The zero-order valence-corrected chi connectivity index (χ0v) is 10.3. The lowest BCUT2D eigenvalue weighted by molar-refractivity contribution is 0.582. The van der Waals surface area contributed by atoms with Gasteiger partial charge in [-0.15, -0.1) is 0 Å². The van der Waals surface area contributed by atoms with E-state index in [1.54, 1.807) is 0 Å². The summed E-state index contributed by atoms with van der Waals surface area (Å²) in [7, 11) is 0. The third-order valence-corrected chi connectivity index (χ3v) is 1.96. The second-order valence-corrected chi connectivity index (χ2v) is 4.07. The van der Waals surface area contributed by atoms with Crippen LogP contribution in [0.15, 0.2) is 23.3 Å². The topological polar surface area (TPSA) is 36.4 Å². The van der Waals surface area contributed by atoms with Crippen molar-refractivity contribution in [3.05, 3.63) is 35.4 Å². The standard InChI is InChI=1S/C11H13F2N3S/c1-7(2)15-11(17)16-14-6-8-3-4-9(12)5-10(8)13/h3-7H,1-2H3,(H2,15,16,17)/b14-6-. The number of rotatable bonds is 3. The van der Waals surface area contributed by atoms with Crippen molar-refractivity contribution in [3.63, 3.8) is 0 Å². The molecule has 0 amide bonds. The summed E-state index contributed by atoms with van der Waals surface area (Å²) < 4.78 is 25.8. The molecule has 0 radical (unpaired) electrons. The highest BCUT2D eigenvalue weighted by molar-refractivity contribution is 7.80. The van der Waals surface area contributed by atoms with Gasteiger partial charge in [-0.2, -0.15) is 5.10 Å². The van der Waals surface area contributed by atoms with E-state index in [4.69, 9.17) is 12.2 Å². The van der Waals surface area contributed by atoms with Gasteiger partial charge >= 0.3 is 0 Å². The number of hydrogen-bond donors (Lipinski definition) is 2. The Balaban J connectivity index is 2.56. The van der Waals surface area contributed by atoms with Crippen molar-refractivity contribution in [2.45, 2.75) is 19.9 Å². The first-order chi connectivity index (χ1) is 7.99. The number of benzene rings is 1. The average Bonchev–Trinajstić information content (AvgIpc) is 2.20. The first kappa shape index (κ1) is 13.5. The molecule has 0 spiro atoms. The van der Waals surface area contributed by atoms with Crippen molar-refractivity contribution in [2.75, 3.05) is 0 Å². The van der Waals surface area contributed by atoms with Crippen molar-refractivity contribution < 1.29 is 8.78 Å². The van der Waals surface area contributed by atoms with Crippen LogP contribution < -0.4 is 10.7 Å². The fourth-order valence-corrected chi connectivity index (χ4v) is 1.35. The summed E-state index contributed by atoms with van der Waals surface area (Å²) in [5, 5.41) is 7.00. The molecule has 0 heterocycles. The van der Waals surface area contributed by atoms with Crippen molar-refractivity contribution in [1.82, 2.24) is 10.7 Å². The molecule has 3 nitrogen and oxygen atoms in total. The van der Waals surface area contributed by atoms with Crippen LogP contribution in [0.4, 0.5) is 8.78 Å². The highest BCUT2D eigenvalue weighted by Crippen LogP contribution is 2.06. The lowest BCUT2D eigenvalue weighted by atomic mass is 10.2. The van der Waals surface area contributed by atoms with Crippen LogP contribution in [0.3, 0.4) is 0 Å². The first-order valence-corrected chi connectivity index (χ1v) is 5.44. The fourth-order valence-electron chi connectivity index (χ4n) is 1.06. The summed E-state index contributed by atoms with van der Waals surface area (Å²) in [6.07, 6.45) is 1.24. The van der Waals surface area contributed by atoms with Gasteiger partial charge in [0.1, 0.15) is 11.6 Å². The average molecular weight is 257 g/mol. The van der Waals surface area contributed by atoms with Crippen molar-refractivity contribution >= 4 is 23.5 Å². The van der Waals surface area contributed by atoms with Gasteiger partial charge in [0.05, 0.1) is 6.21 Å². The molecule has 1 rings (SSSR count). The Hall–Kier alpha value is -1.56. The number of nitrogens with one attached hydrogen (secondary N) is 2. The molecule has 0 aliphatic rings. The molecule has 92 valence electrons. The minimum Gasteiger partial charge on any atom is -0.359 e. The van der Waals surface area contributed by atoms with Crippen LogP contribution in [0.25, 0.3) is 0 Å². The first-order valence-electron chi connectivity index (χ1n) is 5.03. The maximum atomic E-state index is 13.2. The van der Waals surface area contributed by atoms with Crippen molar-refractivity contribution in [1.29, 1.82) is 0 Å². The zero-order valence-electron chi connectivity index (χ0n) is 9.50. The van der Waals surface area contributed by atoms with Gasteiger partial charge in [-0.05, 0) is 38.2 Å². The Kier molecular flexibility index (Phi) is 4.96. The summed E-state index contributed by atoms with van der Waals surface area (Å²) in [5.41, 5.74) is 2.72. The molecular formula is C11H13F2N3S. The van der Waals surface area contributed by atoms with Gasteiger partial charge in [0, 0.05) is 17.7 Å². The van der Waals surface area contributed by atoms with Crippen molar-refractivity contribution in [2.24, 2.45) is 5.10 Å². The van der Waals surface area contributed by atoms with Crippen LogP contribution in [0, 0.1) is 11.6 Å². The predicted molar refractivity (Wildman–Crippen MR) is 68.0 cm³/mol. The SMILES string of the molecule is CC(C)NC(=S)N/N=C\c1ccc(F)cc1F. The molecule has 0 atom stereocenters. The highest BCUT2D eigenvalue weighted by Gasteiger charge is 2.01. The molecule has 1 aromatic carbocycles. The van der Waals surface area contributed by atoms with Gasteiger partial charge in [-0.3, -0.25) is 5.43 Å². The molecule has 0 aromatic heterocycles. The Morgan fingerprint density at radius 1 is 1.41 bits per heavy atom. The molecule has 0 saturated heterocycles. The van der Waals surface area contributed by atoms with E-state index in [1.165, 1.54) is 12.3 Å². The Morgan fingerprint density at radius 3 is 2.71 bits per heavy atom. The van der Waals surface area contributed by atoms with Crippen LogP contribution in [-0.2, 0) is 0 Å². The fraction of sp³-hybridized carbons (Fsp3) is 0.273. The number of thiocarbonyl (C=S) groups is 1. The van der Waals surface area contributed by atoms with E-state index in [1.807, 2.05) is 13.8 Å². The summed E-state index contributed by atoms with van der Waals surface area (Å²) in [4.78, 5) is 0. The summed E-state index contributed by atoms with van der Waals surface area (Å²) in [5.74, 6) is -1.29. The Bertz CT molecular complexity index is 433. The van der Waals surface area contributed by atoms with Crippen LogP contribution in [0.5, 0.6) is 0 Å². The maximum absolute atomic E-state index is 13.2. The molecule has 0 unspecified atom stereocenters. The molecule has 1 aromatic rings. The number of halogens is 2. The van der Waals surface area contributed by atoms with E-state index < -0.39 is 11.6 Å². The second kappa shape index (κ2) is 6.24. The Labute approximate surface area is 104 Å². The van der Waals surface area contributed by atoms with Crippen LogP contribution in [0.2, 0.25) is 0 Å². The van der Waals surface area contributed by atoms with Gasteiger partial charge in [0.25, 0.3) is 0 Å². The van der Waals surface area contributed by atoms with Gasteiger partial charge in [-0.1, -0.05) is 0 Å². The van der Waals surface area contributed by atoms with E-state index in [-0.39, 0.29) is 11.6 Å². The summed E-state index contributed by atoms with van der Waals surface area (Å²) >= 11 is 4.91. The smallest absolute Gasteiger partial charge is 0.187 e. The van der Waals surface area contributed by atoms with E-state index >= 15 is 0 Å². The lowest BCUT2D eigenvalue weighted by Crippen LogP contribution is -2.36. The molecule has 0 bridgehead atoms. The van der Waals surface area contributed by atoms with Crippen LogP contribution >= 0.6 is 12.2 Å². The second-order valence-electron chi connectivity index (χ2n) is 3.66. The molecule has 0 aliphatic heterocycles. The number of hydrazone groups is 1. The normalized spacial score (nSPS) is 10.9. The lowest BCUT2D eigenvalue weighted by Gasteiger charge is -2.09. The summed E-state index contributed by atoms with van der Waals surface area (Å²) in [6, 6.07) is 3.45. The maximum Gasteiger partial charge on any atom is 0.187 e. The molecule has 17 heavy (non-hydrogen) atoms. The molecule has 0 saturated carbocycles. The van der Waals surface area contributed by atoms with Crippen molar-refractivity contribution in [3.8, 4) is 0 Å². The quantitative estimate of drug-likeness (QED) is 0.495. The van der Waals surface area contributed by atoms with Gasteiger partial charge in [0.2, 0.25) is 0 Å². The van der Waals surface area contributed by atoms with Crippen LogP contribution in [0.1, 0.15) is 19.4 Å². The minimum atomic E-state index is -0.668. The largest absolute Gasteiger partial charge is 0.359 e. The van der Waals surface area contributed by atoms with Gasteiger partial charge in [0.15, 0.2) is 5.11 Å². The summed E-state index contributed by atoms with van der Waals surface area (Å²) in [6.45, 7) is 3.86. The third kappa shape index (κ3) is 4.86. The van der Waals surface area contributed by atoms with Crippen LogP contribution in [-0.4, -0.2) is 17.4 Å². The number of hydrogen-bond acceptors (Lipinski definition) is 2. The van der Waals surface area contributed by atoms with E-state index in [0.717, 1.165) is 12.1 Å². The predicted octanol–water partition coefficient (Wildman–Crippen LogP) is 2.17. The highest BCUT2D eigenvalue weighted by atomic mass is 32.1. The zero-order chi connectivity index (χ0) is 12.8. The van der Waals surface area contributed by atoms with E-state index in [0.29, 0.717) is 5.11 Å². The van der Waals surface area contributed by atoms with Gasteiger partial charge in [-0.25, -0.2) is 8.78 Å². The Morgan fingerprint density at radius 2 is 2.12 bits per heavy atom. The molecule has 2 N–H and O–H groups in total.